The maximum atomic E-state index is 12.6. The molecule has 0 amide bonds. The number of anilines is 2. The van der Waals surface area contributed by atoms with Crippen LogP contribution in [0.3, 0.4) is 0 Å². The van der Waals surface area contributed by atoms with Crippen LogP contribution in [0.15, 0.2) is 54.6 Å². The summed E-state index contributed by atoms with van der Waals surface area (Å²) in [6.45, 7) is 5.72. The van der Waals surface area contributed by atoms with Crippen LogP contribution in [-0.4, -0.2) is 25.0 Å². The second-order valence-electron chi connectivity index (χ2n) is 5.58. The SMILES string of the molecule is CCC1N(CC)c2ccccc2N1CC(=O)c1ccccc1. The predicted molar refractivity (Wildman–Crippen MR) is 91.7 cm³/mol. The molecule has 1 atom stereocenters. The molecule has 0 aliphatic carbocycles. The Morgan fingerprint density at radius 1 is 0.909 bits per heavy atom. The lowest BCUT2D eigenvalue weighted by Crippen LogP contribution is -2.45. The van der Waals surface area contributed by atoms with Crippen molar-refractivity contribution in [2.75, 3.05) is 22.9 Å². The van der Waals surface area contributed by atoms with Crippen molar-refractivity contribution in [3.8, 4) is 0 Å². The molecule has 0 radical (unpaired) electrons. The van der Waals surface area contributed by atoms with Crippen LogP contribution in [0, 0.1) is 0 Å². The van der Waals surface area contributed by atoms with Gasteiger partial charge in [-0.1, -0.05) is 49.4 Å². The summed E-state index contributed by atoms with van der Waals surface area (Å²) < 4.78 is 0. The van der Waals surface area contributed by atoms with E-state index in [-0.39, 0.29) is 11.9 Å². The molecule has 0 aromatic heterocycles. The molecule has 0 bridgehead atoms. The summed E-state index contributed by atoms with van der Waals surface area (Å²) in [5.74, 6) is 0.173. The first-order valence-electron chi connectivity index (χ1n) is 7.96. The minimum absolute atomic E-state index is 0.173. The number of hydrogen-bond donors (Lipinski definition) is 0. The van der Waals surface area contributed by atoms with Crippen LogP contribution >= 0.6 is 0 Å². The maximum absolute atomic E-state index is 12.6. The summed E-state index contributed by atoms with van der Waals surface area (Å²) in [6.07, 6.45) is 1.25. The highest BCUT2D eigenvalue weighted by molar-refractivity contribution is 6.00. The molecule has 1 unspecified atom stereocenters. The second kappa shape index (κ2) is 6.22. The van der Waals surface area contributed by atoms with E-state index in [2.05, 4.69) is 41.8 Å². The zero-order valence-electron chi connectivity index (χ0n) is 13.2. The number of nitrogens with zero attached hydrogens (tertiary/aromatic N) is 2. The van der Waals surface area contributed by atoms with E-state index in [0.29, 0.717) is 6.54 Å². The Morgan fingerprint density at radius 3 is 2.09 bits per heavy atom. The number of hydrogen-bond acceptors (Lipinski definition) is 3. The minimum atomic E-state index is 0.173. The molecule has 1 aliphatic heterocycles. The van der Waals surface area contributed by atoms with Crippen LogP contribution in [0.5, 0.6) is 0 Å². The van der Waals surface area contributed by atoms with E-state index >= 15 is 0 Å². The van der Waals surface area contributed by atoms with Crippen molar-refractivity contribution < 1.29 is 4.79 Å². The van der Waals surface area contributed by atoms with Gasteiger partial charge in [0.05, 0.1) is 17.9 Å². The molecule has 0 spiro atoms. The third-order valence-corrected chi connectivity index (χ3v) is 4.34. The van der Waals surface area contributed by atoms with Gasteiger partial charge in [0.2, 0.25) is 0 Å². The number of ketones is 1. The Bertz CT molecular complexity index is 653. The highest BCUT2D eigenvalue weighted by atomic mass is 16.1. The molecule has 114 valence electrons. The van der Waals surface area contributed by atoms with Crippen molar-refractivity contribution in [1.82, 2.24) is 0 Å². The highest BCUT2D eigenvalue weighted by Crippen LogP contribution is 2.40. The van der Waals surface area contributed by atoms with E-state index in [9.17, 15) is 4.79 Å². The van der Waals surface area contributed by atoms with Gasteiger partial charge in [0, 0.05) is 12.1 Å². The number of carbonyl (C=O) groups is 1. The van der Waals surface area contributed by atoms with E-state index in [4.69, 9.17) is 0 Å². The molecule has 1 heterocycles. The number of para-hydroxylation sites is 2. The fourth-order valence-corrected chi connectivity index (χ4v) is 3.32. The summed E-state index contributed by atoms with van der Waals surface area (Å²) >= 11 is 0. The number of benzene rings is 2. The molecule has 3 heteroatoms. The summed E-state index contributed by atoms with van der Waals surface area (Å²) in [6, 6.07) is 17.9. The van der Waals surface area contributed by atoms with Crippen LogP contribution < -0.4 is 9.80 Å². The van der Waals surface area contributed by atoms with Gasteiger partial charge in [-0.3, -0.25) is 4.79 Å². The Balaban J connectivity index is 1.90. The average Bonchev–Trinajstić information content (AvgIpc) is 2.88. The van der Waals surface area contributed by atoms with E-state index < -0.39 is 0 Å². The van der Waals surface area contributed by atoms with Crippen molar-refractivity contribution in [2.45, 2.75) is 26.4 Å². The number of carbonyl (C=O) groups excluding carboxylic acids is 1. The Hall–Kier alpha value is -2.29. The smallest absolute Gasteiger partial charge is 0.182 e. The van der Waals surface area contributed by atoms with Gasteiger partial charge in [-0.05, 0) is 25.5 Å². The Kier molecular flexibility index (Phi) is 4.14. The summed E-state index contributed by atoms with van der Waals surface area (Å²) in [4.78, 5) is 17.2. The lowest BCUT2D eigenvalue weighted by molar-refractivity contribution is 0.0997. The van der Waals surface area contributed by atoms with Crippen LogP contribution in [-0.2, 0) is 0 Å². The molecule has 1 aliphatic rings. The van der Waals surface area contributed by atoms with Crippen molar-refractivity contribution in [3.63, 3.8) is 0 Å². The van der Waals surface area contributed by atoms with E-state index in [1.54, 1.807) is 0 Å². The number of Topliss-reactive ketones (excluding diaryl/α,β-unsaturated/α-hetero) is 1. The molecule has 0 N–H and O–H groups in total. The Morgan fingerprint density at radius 2 is 1.50 bits per heavy atom. The third-order valence-electron chi connectivity index (χ3n) is 4.34. The standard InChI is InChI=1S/C19H22N2O/c1-3-19-20(4-2)16-12-8-9-13-17(16)21(19)14-18(22)15-10-6-5-7-11-15/h5-13,19H,3-4,14H2,1-2H3. The first kappa shape index (κ1) is 14.6. The van der Waals surface area contributed by atoms with Gasteiger partial charge >= 0.3 is 0 Å². The molecular formula is C19H22N2O. The van der Waals surface area contributed by atoms with Crippen molar-refractivity contribution in [2.24, 2.45) is 0 Å². The third kappa shape index (κ3) is 2.47. The normalized spacial score (nSPS) is 16.7. The number of fused-ring (bicyclic) bond motifs is 1. The highest BCUT2D eigenvalue weighted by Gasteiger charge is 2.34. The van der Waals surface area contributed by atoms with E-state index in [1.807, 2.05) is 36.4 Å². The average molecular weight is 294 g/mol. The Labute approximate surface area is 132 Å². The van der Waals surface area contributed by atoms with Crippen LogP contribution in [0.1, 0.15) is 30.6 Å². The maximum Gasteiger partial charge on any atom is 0.182 e. The molecule has 0 saturated carbocycles. The van der Waals surface area contributed by atoms with Gasteiger partial charge in [-0.15, -0.1) is 0 Å². The topological polar surface area (TPSA) is 23.6 Å². The fourth-order valence-electron chi connectivity index (χ4n) is 3.32. The van der Waals surface area contributed by atoms with Crippen LogP contribution in [0.2, 0.25) is 0 Å². The molecular weight excluding hydrogens is 272 g/mol. The number of rotatable bonds is 5. The molecule has 2 aromatic carbocycles. The van der Waals surface area contributed by atoms with Crippen molar-refractivity contribution in [3.05, 3.63) is 60.2 Å². The fraction of sp³-hybridized carbons (Fsp3) is 0.316. The van der Waals surface area contributed by atoms with Gasteiger partial charge in [-0.2, -0.15) is 0 Å². The molecule has 3 nitrogen and oxygen atoms in total. The lowest BCUT2D eigenvalue weighted by Gasteiger charge is -2.31. The molecule has 0 saturated heterocycles. The minimum Gasteiger partial charge on any atom is -0.350 e. The second-order valence-corrected chi connectivity index (χ2v) is 5.58. The first-order valence-corrected chi connectivity index (χ1v) is 7.96. The van der Waals surface area contributed by atoms with Crippen molar-refractivity contribution >= 4 is 17.2 Å². The summed E-state index contributed by atoms with van der Waals surface area (Å²) in [5.41, 5.74) is 3.18. The van der Waals surface area contributed by atoms with E-state index in [1.165, 1.54) is 11.4 Å². The van der Waals surface area contributed by atoms with Gasteiger partial charge in [-0.25, -0.2) is 0 Å². The summed E-state index contributed by atoms with van der Waals surface area (Å²) in [7, 11) is 0. The first-order chi connectivity index (χ1) is 10.8. The molecule has 22 heavy (non-hydrogen) atoms. The van der Waals surface area contributed by atoms with Crippen molar-refractivity contribution in [1.29, 1.82) is 0 Å². The zero-order chi connectivity index (χ0) is 15.5. The molecule has 3 rings (SSSR count). The molecule has 2 aromatic rings. The van der Waals surface area contributed by atoms with Gasteiger partial charge < -0.3 is 9.80 Å². The summed E-state index contributed by atoms with van der Waals surface area (Å²) in [5, 5.41) is 0. The predicted octanol–water partition coefficient (Wildman–Crippen LogP) is 3.95. The lowest BCUT2D eigenvalue weighted by atomic mass is 10.1. The largest absolute Gasteiger partial charge is 0.350 e. The molecule has 0 fully saturated rings. The monoisotopic (exact) mass is 294 g/mol. The van der Waals surface area contributed by atoms with E-state index in [0.717, 1.165) is 18.5 Å². The zero-order valence-corrected chi connectivity index (χ0v) is 13.2. The van der Waals surface area contributed by atoms with Crippen LogP contribution in [0.4, 0.5) is 11.4 Å². The van der Waals surface area contributed by atoms with Gasteiger partial charge in [0.1, 0.15) is 6.17 Å². The van der Waals surface area contributed by atoms with Gasteiger partial charge in [0.15, 0.2) is 5.78 Å². The van der Waals surface area contributed by atoms with Crippen LogP contribution in [0.25, 0.3) is 0 Å². The quantitative estimate of drug-likeness (QED) is 0.780. The van der Waals surface area contributed by atoms with Gasteiger partial charge in [0.25, 0.3) is 0 Å².